The molecule has 0 spiro atoms. The van der Waals surface area contributed by atoms with Crippen molar-refractivity contribution in [3.8, 4) is 0 Å². The highest BCUT2D eigenvalue weighted by Crippen LogP contribution is 2.15. The van der Waals surface area contributed by atoms with E-state index in [9.17, 15) is 9.59 Å². The number of Topliss-reactive ketones (excluding diaryl/α,β-unsaturated/α-hetero) is 1. The molecule has 0 aliphatic heterocycles. The van der Waals surface area contributed by atoms with Gasteiger partial charge in [-0.2, -0.15) is 0 Å². The lowest BCUT2D eigenvalue weighted by Gasteiger charge is -2.04. The largest absolute Gasteiger partial charge is 0.291 e. The van der Waals surface area contributed by atoms with Crippen molar-refractivity contribution in [2.45, 2.75) is 4.84 Å². The lowest BCUT2D eigenvalue weighted by Crippen LogP contribution is -2.08. The van der Waals surface area contributed by atoms with Crippen LogP contribution in [-0.2, 0) is 0 Å². The second-order valence-corrected chi connectivity index (χ2v) is 5.03. The van der Waals surface area contributed by atoms with Gasteiger partial charge in [0.05, 0.1) is 0 Å². The Morgan fingerprint density at radius 3 is 1.74 bits per heavy atom. The third kappa shape index (κ3) is 3.22. The molecule has 0 unspecified atom stereocenters. The van der Waals surface area contributed by atoms with Crippen molar-refractivity contribution in [1.82, 2.24) is 0 Å². The summed E-state index contributed by atoms with van der Waals surface area (Å²) in [5.74, 6) is -0.463. The predicted molar refractivity (Wildman–Crippen MR) is 76.1 cm³/mol. The summed E-state index contributed by atoms with van der Waals surface area (Å²) in [6.07, 6.45) is 0. The third-order valence-corrected chi connectivity index (χ3v) is 3.06. The van der Waals surface area contributed by atoms with Crippen molar-refractivity contribution in [1.29, 1.82) is 0 Å². The average Bonchev–Trinajstić information content (AvgIpc) is 2.46. The molecular formula is C15H10Cl2O2. The van der Waals surface area contributed by atoms with Crippen molar-refractivity contribution in [2.24, 2.45) is 0 Å². The molecule has 0 saturated carbocycles. The summed E-state index contributed by atoms with van der Waals surface area (Å²) in [5, 5.41) is 0. The van der Waals surface area contributed by atoms with Crippen LogP contribution in [0.25, 0.3) is 0 Å². The number of carbonyl (C=O) groups excluding carboxylic acids is 2. The van der Waals surface area contributed by atoms with E-state index < -0.39 is 4.84 Å². The van der Waals surface area contributed by atoms with Gasteiger partial charge in [-0.15, -0.1) is 0 Å². The minimum Gasteiger partial charge on any atom is -0.291 e. The molecule has 0 heterocycles. The van der Waals surface area contributed by atoms with E-state index in [1.807, 2.05) is 6.07 Å². The molecule has 0 fully saturated rings. The van der Waals surface area contributed by atoms with Crippen LogP contribution >= 0.6 is 23.2 Å². The SMILES string of the molecule is O=C(c1ccccc1)c1ccc(C(=O)C(Cl)Cl)cc1. The van der Waals surface area contributed by atoms with E-state index in [0.717, 1.165) is 0 Å². The zero-order valence-electron chi connectivity index (χ0n) is 9.85. The summed E-state index contributed by atoms with van der Waals surface area (Å²) < 4.78 is 0. The standard InChI is InChI=1S/C15H10Cl2O2/c16-15(17)14(19)12-8-6-11(7-9-12)13(18)10-4-2-1-3-5-10/h1-9,15H. The molecule has 2 rings (SSSR count). The number of rotatable bonds is 4. The monoisotopic (exact) mass is 292 g/mol. The Kier molecular flexibility index (Phi) is 4.35. The normalized spacial score (nSPS) is 10.5. The number of hydrogen-bond donors (Lipinski definition) is 0. The van der Waals surface area contributed by atoms with Crippen LogP contribution in [0.1, 0.15) is 26.3 Å². The summed E-state index contributed by atoms with van der Waals surface area (Å²) in [5.41, 5.74) is 1.51. The summed E-state index contributed by atoms with van der Waals surface area (Å²) in [6, 6.07) is 15.2. The van der Waals surface area contributed by atoms with Gasteiger partial charge in [0.15, 0.2) is 16.4 Å². The first-order valence-corrected chi connectivity index (χ1v) is 6.49. The lowest BCUT2D eigenvalue weighted by molar-refractivity contribution is 0.100. The molecule has 0 aromatic heterocycles. The van der Waals surface area contributed by atoms with Gasteiger partial charge in [-0.05, 0) is 0 Å². The smallest absolute Gasteiger partial charge is 0.195 e. The van der Waals surface area contributed by atoms with Gasteiger partial charge in [0.25, 0.3) is 0 Å². The number of alkyl halides is 2. The second-order valence-electron chi connectivity index (χ2n) is 3.94. The fourth-order valence-electron chi connectivity index (χ4n) is 1.67. The highest BCUT2D eigenvalue weighted by molar-refractivity contribution is 6.55. The summed E-state index contributed by atoms with van der Waals surface area (Å²) in [4.78, 5) is 22.6. The van der Waals surface area contributed by atoms with Crippen LogP contribution in [0.3, 0.4) is 0 Å². The molecule has 0 aliphatic carbocycles. The van der Waals surface area contributed by atoms with Crippen LogP contribution in [0.2, 0.25) is 0 Å². The van der Waals surface area contributed by atoms with E-state index in [1.165, 1.54) is 0 Å². The summed E-state index contributed by atoms with van der Waals surface area (Å²) >= 11 is 11.0. The Morgan fingerprint density at radius 1 is 0.737 bits per heavy atom. The van der Waals surface area contributed by atoms with Crippen LogP contribution < -0.4 is 0 Å². The topological polar surface area (TPSA) is 34.1 Å². The van der Waals surface area contributed by atoms with Crippen molar-refractivity contribution >= 4 is 34.8 Å². The van der Waals surface area contributed by atoms with Crippen LogP contribution in [0.5, 0.6) is 0 Å². The minimum absolute atomic E-state index is 0.0899. The van der Waals surface area contributed by atoms with Gasteiger partial charge < -0.3 is 0 Å². The fraction of sp³-hybridized carbons (Fsp3) is 0.0667. The Labute approximate surface area is 121 Å². The van der Waals surface area contributed by atoms with Crippen molar-refractivity contribution in [3.05, 3.63) is 71.3 Å². The summed E-state index contributed by atoms with van der Waals surface area (Å²) in [6.45, 7) is 0. The van der Waals surface area contributed by atoms with Gasteiger partial charge in [0.1, 0.15) is 0 Å². The Balaban J connectivity index is 2.24. The molecule has 2 nitrogen and oxygen atoms in total. The lowest BCUT2D eigenvalue weighted by atomic mass is 10.0. The molecule has 0 amide bonds. The maximum Gasteiger partial charge on any atom is 0.195 e. The van der Waals surface area contributed by atoms with Crippen molar-refractivity contribution < 1.29 is 9.59 Å². The first-order valence-electron chi connectivity index (χ1n) is 5.62. The van der Waals surface area contributed by atoms with Crippen molar-refractivity contribution in [2.75, 3.05) is 0 Å². The molecule has 0 bridgehead atoms. The van der Waals surface area contributed by atoms with E-state index in [1.54, 1.807) is 48.5 Å². The highest BCUT2D eigenvalue weighted by atomic mass is 35.5. The van der Waals surface area contributed by atoms with Crippen LogP contribution in [0, 0.1) is 0 Å². The summed E-state index contributed by atoms with van der Waals surface area (Å²) in [7, 11) is 0. The van der Waals surface area contributed by atoms with E-state index in [4.69, 9.17) is 23.2 Å². The van der Waals surface area contributed by atoms with Crippen LogP contribution in [-0.4, -0.2) is 16.4 Å². The zero-order valence-corrected chi connectivity index (χ0v) is 11.4. The van der Waals surface area contributed by atoms with E-state index in [2.05, 4.69) is 0 Å². The van der Waals surface area contributed by atoms with Gasteiger partial charge in [-0.3, -0.25) is 9.59 Å². The number of ketones is 2. The first-order chi connectivity index (χ1) is 9.09. The quantitative estimate of drug-likeness (QED) is 0.633. The molecule has 2 aromatic carbocycles. The Hall–Kier alpha value is -1.64. The van der Waals surface area contributed by atoms with Gasteiger partial charge in [-0.1, -0.05) is 77.8 Å². The van der Waals surface area contributed by atoms with E-state index in [-0.39, 0.29) is 11.6 Å². The number of halogens is 2. The molecule has 19 heavy (non-hydrogen) atoms. The number of benzene rings is 2. The maximum absolute atomic E-state index is 12.1. The molecule has 0 saturated heterocycles. The molecule has 4 heteroatoms. The minimum atomic E-state index is -1.09. The second kappa shape index (κ2) is 6.00. The van der Waals surface area contributed by atoms with Crippen LogP contribution in [0.4, 0.5) is 0 Å². The maximum atomic E-state index is 12.1. The molecule has 96 valence electrons. The Morgan fingerprint density at radius 2 is 1.21 bits per heavy atom. The molecule has 0 N–H and O–H groups in total. The average molecular weight is 293 g/mol. The van der Waals surface area contributed by atoms with Crippen molar-refractivity contribution in [3.63, 3.8) is 0 Å². The van der Waals surface area contributed by atoms with Gasteiger partial charge in [0.2, 0.25) is 0 Å². The molecule has 2 aromatic rings. The fourth-order valence-corrected chi connectivity index (χ4v) is 1.92. The molecular weight excluding hydrogens is 283 g/mol. The third-order valence-electron chi connectivity index (χ3n) is 2.67. The van der Waals surface area contributed by atoms with Crippen LogP contribution in [0.15, 0.2) is 54.6 Å². The zero-order chi connectivity index (χ0) is 13.8. The first kappa shape index (κ1) is 13.8. The highest BCUT2D eigenvalue weighted by Gasteiger charge is 2.15. The molecule has 0 atom stereocenters. The van der Waals surface area contributed by atoms with E-state index >= 15 is 0 Å². The van der Waals surface area contributed by atoms with Gasteiger partial charge in [-0.25, -0.2) is 0 Å². The van der Waals surface area contributed by atoms with E-state index in [0.29, 0.717) is 16.7 Å². The number of hydrogen-bond acceptors (Lipinski definition) is 2. The van der Waals surface area contributed by atoms with Gasteiger partial charge in [0, 0.05) is 16.7 Å². The molecule has 0 aliphatic rings. The molecule has 0 radical (unpaired) electrons. The predicted octanol–water partition coefficient (Wildman–Crippen LogP) is 3.90. The van der Waals surface area contributed by atoms with Gasteiger partial charge >= 0.3 is 0 Å². The number of carbonyl (C=O) groups is 2. The Bertz CT molecular complexity index is 589.